The van der Waals surface area contributed by atoms with Crippen molar-refractivity contribution in [1.82, 2.24) is 15.1 Å². The normalized spacial score (nSPS) is 36.0. The fourth-order valence-corrected chi connectivity index (χ4v) is 7.46. The van der Waals surface area contributed by atoms with E-state index in [1.54, 1.807) is 11.8 Å². The van der Waals surface area contributed by atoms with Crippen LogP contribution in [-0.2, 0) is 19.2 Å². The molecule has 0 spiro atoms. The Morgan fingerprint density at radius 2 is 2.00 bits per heavy atom. The van der Waals surface area contributed by atoms with Crippen molar-refractivity contribution < 1.29 is 39.0 Å². The fraction of sp³-hybridized carbons (Fsp3) is 0.739. The molecule has 12 heteroatoms. The number of aliphatic hydroxyl groups excluding tert-OH is 1. The summed E-state index contributed by atoms with van der Waals surface area (Å²) in [7, 11) is 1.91. The number of carbonyl (C=O) groups is 4. The van der Waals surface area contributed by atoms with E-state index in [0.717, 1.165) is 6.42 Å². The van der Waals surface area contributed by atoms with Gasteiger partial charge in [0.2, 0.25) is 11.8 Å². The molecule has 4 aliphatic heterocycles. The molecular weight excluding hydrogens is 476 g/mol. The molecule has 2 amide bonds. The number of nitrogens with one attached hydrogen (secondary N) is 1. The molecule has 0 aromatic heterocycles. The van der Waals surface area contributed by atoms with Gasteiger partial charge in [-0.2, -0.15) is 0 Å². The highest BCUT2D eigenvalue weighted by molar-refractivity contribution is 8.03. The fourth-order valence-electron chi connectivity index (χ4n) is 5.98. The molecule has 194 valence electrons. The van der Waals surface area contributed by atoms with Crippen molar-refractivity contribution >= 4 is 35.5 Å². The number of fused-ring (bicyclic) bond motifs is 1. The van der Waals surface area contributed by atoms with Gasteiger partial charge in [0.25, 0.3) is 0 Å². The topological polar surface area (TPSA) is 150 Å². The van der Waals surface area contributed by atoms with Gasteiger partial charge in [-0.25, -0.2) is 4.79 Å². The Morgan fingerprint density at radius 1 is 1.29 bits per heavy atom. The van der Waals surface area contributed by atoms with E-state index in [9.17, 15) is 34.5 Å². The Morgan fingerprint density at radius 3 is 2.63 bits per heavy atom. The van der Waals surface area contributed by atoms with E-state index in [2.05, 4.69) is 5.32 Å². The average molecular weight is 511 g/mol. The lowest BCUT2D eigenvalue weighted by Gasteiger charge is -2.47. The third kappa shape index (κ3) is 4.81. The molecule has 0 radical (unpaired) electrons. The Labute approximate surface area is 208 Å². The first-order valence-electron chi connectivity index (χ1n) is 12.1. The molecule has 11 nitrogen and oxygen atoms in total. The number of likely N-dealkylation sites (N-methyl/N-ethyl adjacent to an activating group) is 1. The largest absolute Gasteiger partial charge is 0.543 e. The van der Waals surface area contributed by atoms with Crippen LogP contribution in [0.2, 0.25) is 0 Å². The van der Waals surface area contributed by atoms with Gasteiger partial charge in [0.15, 0.2) is 6.54 Å². The quantitative estimate of drug-likeness (QED) is 0.262. The summed E-state index contributed by atoms with van der Waals surface area (Å²) in [6.07, 6.45) is 0.393. The Balaban J connectivity index is 1.39. The molecule has 4 aliphatic rings. The minimum Gasteiger partial charge on any atom is -0.543 e. The van der Waals surface area contributed by atoms with Crippen LogP contribution in [0.5, 0.6) is 0 Å². The maximum absolute atomic E-state index is 13.2. The lowest BCUT2D eigenvalue weighted by molar-refractivity contribution is -0.900. The molecule has 0 aliphatic carbocycles. The number of carboxylic acid groups (broad SMARTS) is 2. The van der Waals surface area contributed by atoms with Gasteiger partial charge in [0.05, 0.1) is 62.5 Å². The van der Waals surface area contributed by atoms with Crippen molar-refractivity contribution in [2.45, 2.75) is 50.1 Å². The molecule has 7 atom stereocenters. The molecule has 35 heavy (non-hydrogen) atoms. The van der Waals surface area contributed by atoms with E-state index in [0.29, 0.717) is 48.5 Å². The minimum absolute atomic E-state index is 0.0152. The second-order valence-corrected chi connectivity index (χ2v) is 11.8. The highest BCUT2D eigenvalue weighted by atomic mass is 32.2. The zero-order valence-electron chi connectivity index (χ0n) is 20.3. The smallest absolute Gasteiger partial charge is 0.359 e. The van der Waals surface area contributed by atoms with Gasteiger partial charge in [0, 0.05) is 35.6 Å². The van der Waals surface area contributed by atoms with Crippen LogP contribution in [0.1, 0.15) is 26.7 Å². The second-order valence-electron chi connectivity index (χ2n) is 10.5. The van der Waals surface area contributed by atoms with Gasteiger partial charge >= 0.3 is 5.97 Å². The van der Waals surface area contributed by atoms with Gasteiger partial charge in [0.1, 0.15) is 0 Å². The molecule has 0 bridgehead atoms. The maximum atomic E-state index is 13.2. The van der Waals surface area contributed by atoms with Gasteiger partial charge in [-0.05, 0) is 13.3 Å². The number of carbonyl (C=O) groups excluding carboxylic acids is 3. The lowest BCUT2D eigenvalue weighted by Crippen LogP contribution is -2.64. The standard InChI is InChI=1S/C23H34N4O7S/c1-12-18-17(13(2)28)22(32)26(18)19(23(33)34)20(12)35-14-9-15(24-10-14)21(31)25-5-4-7-27(3,8-6-25)11-16(29)30/h12-15,17-18,24,28H,4-11H2,1-3H3,(H-,29,30,33,34)/t12-,13-,14+,15+,17-,18-,27?/m1/s1. The average Bonchev–Trinajstić information content (AvgIpc) is 3.25. The predicted octanol–water partition coefficient (Wildman–Crippen LogP) is -1.97. The molecule has 0 aromatic rings. The van der Waals surface area contributed by atoms with E-state index >= 15 is 0 Å². The van der Waals surface area contributed by atoms with Crippen molar-refractivity contribution in [3.05, 3.63) is 10.6 Å². The number of β-lactam (4-membered cyclic amide) rings is 1. The molecule has 3 saturated heterocycles. The molecular formula is C23H34N4O7S. The van der Waals surface area contributed by atoms with Crippen LogP contribution >= 0.6 is 11.8 Å². The predicted molar refractivity (Wildman–Crippen MR) is 124 cm³/mol. The van der Waals surface area contributed by atoms with Crippen molar-refractivity contribution in [3.8, 4) is 0 Å². The van der Waals surface area contributed by atoms with Crippen LogP contribution in [0.15, 0.2) is 10.6 Å². The number of thioether (sulfide) groups is 1. The summed E-state index contributed by atoms with van der Waals surface area (Å²) in [5, 5.41) is 34.3. The van der Waals surface area contributed by atoms with Gasteiger partial charge in [-0.1, -0.05) is 6.92 Å². The number of aliphatic carboxylic acids is 2. The number of hydrogen-bond acceptors (Lipinski definition) is 8. The van der Waals surface area contributed by atoms with Crippen LogP contribution in [0.3, 0.4) is 0 Å². The lowest BCUT2D eigenvalue weighted by atomic mass is 9.79. The maximum Gasteiger partial charge on any atom is 0.359 e. The molecule has 3 fully saturated rings. The minimum atomic E-state index is -1.40. The first-order chi connectivity index (χ1) is 16.4. The number of amides is 2. The first kappa shape index (κ1) is 25.9. The summed E-state index contributed by atoms with van der Waals surface area (Å²) in [5.74, 6) is -3.51. The van der Waals surface area contributed by atoms with Crippen LogP contribution < -0.4 is 10.4 Å². The third-order valence-corrected chi connectivity index (χ3v) is 9.36. The zero-order valence-corrected chi connectivity index (χ0v) is 21.1. The van der Waals surface area contributed by atoms with Crippen molar-refractivity contribution in [2.24, 2.45) is 11.8 Å². The monoisotopic (exact) mass is 510 g/mol. The number of aliphatic hydroxyl groups is 1. The highest BCUT2D eigenvalue weighted by Crippen LogP contribution is 2.51. The first-order valence-corrected chi connectivity index (χ1v) is 13.0. The molecule has 0 saturated carbocycles. The van der Waals surface area contributed by atoms with E-state index in [-0.39, 0.29) is 35.4 Å². The van der Waals surface area contributed by atoms with Gasteiger partial charge in [-0.3, -0.25) is 9.59 Å². The Kier molecular flexibility index (Phi) is 7.20. The summed E-state index contributed by atoms with van der Waals surface area (Å²) in [5.41, 5.74) is -0.104. The van der Waals surface area contributed by atoms with E-state index < -0.39 is 35.9 Å². The molecule has 3 N–H and O–H groups in total. The SMILES string of the molecule is C[C@@H](O)[C@H]1C(=O)N2C(C(=O)[O-])=C(S[C@@H]3CN[C@H](C(=O)N4CCC[N+](C)(CC(=O)O)CC4)C3)[C@H](C)[C@H]12. The Hall–Kier alpha value is -2.15. The number of quaternary nitrogens is 1. The number of nitrogens with zero attached hydrogens (tertiary/aromatic N) is 3. The van der Waals surface area contributed by atoms with Gasteiger partial charge in [-0.15, -0.1) is 11.8 Å². The summed E-state index contributed by atoms with van der Waals surface area (Å²) >= 11 is 1.38. The molecule has 1 unspecified atom stereocenters. The van der Waals surface area contributed by atoms with Crippen molar-refractivity contribution in [3.63, 3.8) is 0 Å². The summed E-state index contributed by atoms with van der Waals surface area (Å²) < 4.78 is 0.400. The number of carboxylic acids is 2. The van der Waals surface area contributed by atoms with Crippen LogP contribution in [-0.4, -0.2) is 118 Å². The number of hydrogen-bond donors (Lipinski definition) is 3. The van der Waals surface area contributed by atoms with Crippen LogP contribution in [0.25, 0.3) is 0 Å². The van der Waals surface area contributed by atoms with Crippen molar-refractivity contribution in [2.75, 3.05) is 46.3 Å². The van der Waals surface area contributed by atoms with E-state index in [1.165, 1.54) is 16.7 Å². The molecule has 4 rings (SSSR count). The second kappa shape index (κ2) is 9.72. The summed E-state index contributed by atoms with van der Waals surface area (Å²) in [6.45, 7) is 6.33. The summed E-state index contributed by atoms with van der Waals surface area (Å²) in [4.78, 5) is 52.5. The van der Waals surface area contributed by atoms with Crippen molar-refractivity contribution in [1.29, 1.82) is 0 Å². The van der Waals surface area contributed by atoms with E-state index in [1.807, 2.05) is 14.0 Å². The van der Waals surface area contributed by atoms with E-state index in [4.69, 9.17) is 0 Å². The molecule has 4 heterocycles. The number of rotatable bonds is 7. The zero-order chi connectivity index (χ0) is 25.7. The highest BCUT2D eigenvalue weighted by Gasteiger charge is 2.59. The molecule has 0 aromatic carbocycles. The summed E-state index contributed by atoms with van der Waals surface area (Å²) in [6, 6.07) is -0.781. The Bertz CT molecular complexity index is 956. The third-order valence-electron chi connectivity index (χ3n) is 7.85. The van der Waals surface area contributed by atoms with Gasteiger partial charge < -0.3 is 39.7 Å². The van der Waals surface area contributed by atoms with Crippen LogP contribution in [0.4, 0.5) is 0 Å². The van der Waals surface area contributed by atoms with Crippen LogP contribution in [0, 0.1) is 11.8 Å².